The highest BCUT2D eigenvalue weighted by Gasteiger charge is 2.20. The van der Waals surface area contributed by atoms with Crippen LogP contribution in [0.5, 0.6) is 11.5 Å². The third-order valence-corrected chi connectivity index (χ3v) is 5.08. The molecular formula is C24H25N5O3. The first-order chi connectivity index (χ1) is 15.4. The van der Waals surface area contributed by atoms with Gasteiger partial charge in [0.2, 0.25) is 0 Å². The monoisotopic (exact) mass is 431 g/mol. The van der Waals surface area contributed by atoms with Crippen LogP contribution < -0.4 is 14.8 Å². The number of nitrogens with zero attached hydrogens (tertiary/aromatic N) is 4. The number of hydrogen-bond donors (Lipinski definition) is 1. The minimum absolute atomic E-state index is 0.242. The summed E-state index contributed by atoms with van der Waals surface area (Å²) in [7, 11) is 1.63. The number of benzene rings is 2. The quantitative estimate of drug-likeness (QED) is 0.479. The predicted molar refractivity (Wildman–Crippen MR) is 121 cm³/mol. The maximum absolute atomic E-state index is 12.6. The van der Waals surface area contributed by atoms with Crippen molar-refractivity contribution < 1.29 is 14.3 Å². The molecule has 0 saturated heterocycles. The Bertz CT molecular complexity index is 1220. The van der Waals surface area contributed by atoms with Gasteiger partial charge in [0, 0.05) is 11.6 Å². The van der Waals surface area contributed by atoms with Gasteiger partial charge in [-0.1, -0.05) is 17.7 Å². The van der Waals surface area contributed by atoms with Crippen molar-refractivity contribution in [2.75, 3.05) is 7.11 Å². The first-order valence-corrected chi connectivity index (χ1v) is 10.3. The van der Waals surface area contributed by atoms with Crippen molar-refractivity contribution in [3.8, 4) is 22.8 Å². The molecule has 0 aliphatic rings. The SMILES string of the molecule is COc1ccc(-c2cc3nc([C@H](C)NC(=O)[C@@H](C)Oc4ccc(C)cc4)nn3cn2)cc1. The van der Waals surface area contributed by atoms with Gasteiger partial charge in [-0.05, 0) is 57.2 Å². The van der Waals surface area contributed by atoms with E-state index in [1.165, 1.54) is 0 Å². The molecule has 8 nitrogen and oxygen atoms in total. The summed E-state index contributed by atoms with van der Waals surface area (Å²) in [6, 6.07) is 16.7. The van der Waals surface area contributed by atoms with E-state index in [1.807, 2.05) is 68.4 Å². The number of carbonyl (C=O) groups is 1. The highest BCUT2D eigenvalue weighted by atomic mass is 16.5. The number of methoxy groups -OCH3 is 1. The first-order valence-electron chi connectivity index (χ1n) is 10.3. The summed E-state index contributed by atoms with van der Waals surface area (Å²) in [6.45, 7) is 5.55. The molecule has 2 aromatic carbocycles. The maximum atomic E-state index is 12.6. The Hall–Kier alpha value is -3.94. The zero-order valence-electron chi connectivity index (χ0n) is 18.4. The summed E-state index contributed by atoms with van der Waals surface area (Å²) < 4.78 is 12.5. The Morgan fingerprint density at radius 2 is 1.72 bits per heavy atom. The number of aromatic nitrogens is 4. The normalized spacial score (nSPS) is 12.9. The molecule has 0 saturated carbocycles. The average Bonchev–Trinajstić information content (AvgIpc) is 3.24. The minimum atomic E-state index is -0.652. The lowest BCUT2D eigenvalue weighted by Crippen LogP contribution is -2.38. The van der Waals surface area contributed by atoms with E-state index in [0.717, 1.165) is 22.6 Å². The molecule has 0 fully saturated rings. The van der Waals surface area contributed by atoms with Gasteiger partial charge in [0.15, 0.2) is 17.6 Å². The second-order valence-electron chi connectivity index (χ2n) is 7.58. The zero-order valence-corrected chi connectivity index (χ0v) is 18.4. The van der Waals surface area contributed by atoms with Gasteiger partial charge in [-0.15, -0.1) is 5.10 Å². The topological polar surface area (TPSA) is 90.6 Å². The highest BCUT2D eigenvalue weighted by Crippen LogP contribution is 2.22. The largest absolute Gasteiger partial charge is 0.497 e. The van der Waals surface area contributed by atoms with Crippen molar-refractivity contribution in [2.45, 2.75) is 32.9 Å². The fourth-order valence-electron chi connectivity index (χ4n) is 3.19. The van der Waals surface area contributed by atoms with Crippen LogP contribution in [-0.2, 0) is 4.79 Å². The standard InChI is InChI=1S/C24H25N5O3/c1-15-5-9-20(10-6-15)32-17(3)24(30)26-16(2)23-27-22-13-21(25-14-29(22)28-23)18-7-11-19(31-4)12-8-18/h5-14,16-17H,1-4H3,(H,26,30)/t16-,17+/m0/s1. The maximum Gasteiger partial charge on any atom is 0.261 e. The Kier molecular flexibility index (Phi) is 6.02. The fourth-order valence-corrected chi connectivity index (χ4v) is 3.19. The van der Waals surface area contributed by atoms with E-state index in [1.54, 1.807) is 24.9 Å². The van der Waals surface area contributed by atoms with Crippen molar-refractivity contribution in [3.05, 3.63) is 72.3 Å². The summed E-state index contributed by atoms with van der Waals surface area (Å²) >= 11 is 0. The van der Waals surface area contributed by atoms with E-state index >= 15 is 0 Å². The fraction of sp³-hybridized carbons (Fsp3) is 0.250. The molecule has 2 heterocycles. The number of amides is 1. The highest BCUT2D eigenvalue weighted by molar-refractivity contribution is 5.81. The van der Waals surface area contributed by atoms with Crippen molar-refractivity contribution in [3.63, 3.8) is 0 Å². The number of carbonyl (C=O) groups excluding carboxylic acids is 1. The molecule has 0 aliphatic carbocycles. The molecule has 4 aromatic rings. The van der Waals surface area contributed by atoms with Gasteiger partial charge >= 0.3 is 0 Å². The summed E-state index contributed by atoms with van der Waals surface area (Å²) in [5, 5.41) is 7.36. The average molecular weight is 431 g/mol. The van der Waals surface area contributed by atoms with Crippen LogP contribution in [0.25, 0.3) is 16.9 Å². The molecule has 164 valence electrons. The molecule has 2 aromatic heterocycles. The lowest BCUT2D eigenvalue weighted by molar-refractivity contribution is -0.128. The number of rotatable bonds is 7. The molecule has 1 N–H and O–H groups in total. The van der Waals surface area contributed by atoms with E-state index in [2.05, 4.69) is 20.4 Å². The minimum Gasteiger partial charge on any atom is -0.497 e. The van der Waals surface area contributed by atoms with Crippen LogP contribution in [0.3, 0.4) is 0 Å². The van der Waals surface area contributed by atoms with Gasteiger partial charge < -0.3 is 14.8 Å². The van der Waals surface area contributed by atoms with E-state index in [4.69, 9.17) is 9.47 Å². The molecular weight excluding hydrogens is 406 g/mol. The first kappa shape index (κ1) is 21.3. The van der Waals surface area contributed by atoms with Crippen LogP contribution >= 0.6 is 0 Å². The van der Waals surface area contributed by atoms with Crippen LogP contribution in [0.2, 0.25) is 0 Å². The van der Waals surface area contributed by atoms with Crippen molar-refractivity contribution in [1.82, 2.24) is 24.9 Å². The molecule has 0 radical (unpaired) electrons. The summed E-state index contributed by atoms with van der Waals surface area (Å²) in [5.41, 5.74) is 3.49. The molecule has 0 unspecified atom stereocenters. The van der Waals surface area contributed by atoms with E-state index in [-0.39, 0.29) is 5.91 Å². The van der Waals surface area contributed by atoms with Crippen LogP contribution in [-0.4, -0.2) is 38.7 Å². The Morgan fingerprint density at radius 3 is 2.41 bits per heavy atom. The van der Waals surface area contributed by atoms with Gasteiger partial charge in [0.25, 0.3) is 5.91 Å². The third kappa shape index (κ3) is 4.69. The molecule has 0 spiro atoms. The molecule has 32 heavy (non-hydrogen) atoms. The van der Waals surface area contributed by atoms with Crippen LogP contribution in [0.4, 0.5) is 0 Å². The second-order valence-corrected chi connectivity index (χ2v) is 7.58. The Labute approximate surface area is 186 Å². The molecule has 0 bridgehead atoms. The zero-order chi connectivity index (χ0) is 22.7. The van der Waals surface area contributed by atoms with Gasteiger partial charge in [-0.2, -0.15) is 0 Å². The summed E-state index contributed by atoms with van der Waals surface area (Å²) in [6.07, 6.45) is 0.962. The van der Waals surface area contributed by atoms with Crippen molar-refractivity contribution in [2.24, 2.45) is 0 Å². The summed E-state index contributed by atoms with van der Waals surface area (Å²) in [5.74, 6) is 1.68. The molecule has 2 atom stereocenters. The van der Waals surface area contributed by atoms with Gasteiger partial charge in [0.05, 0.1) is 18.8 Å². The van der Waals surface area contributed by atoms with Gasteiger partial charge in [-0.3, -0.25) is 4.79 Å². The van der Waals surface area contributed by atoms with Crippen molar-refractivity contribution in [1.29, 1.82) is 0 Å². The number of aryl methyl sites for hydroxylation is 1. The number of ether oxygens (including phenoxy) is 2. The number of fused-ring (bicyclic) bond motifs is 1. The van der Waals surface area contributed by atoms with Crippen LogP contribution in [0.1, 0.15) is 31.3 Å². The molecule has 1 amide bonds. The van der Waals surface area contributed by atoms with E-state index < -0.39 is 12.1 Å². The van der Waals surface area contributed by atoms with E-state index in [9.17, 15) is 4.79 Å². The number of hydrogen-bond acceptors (Lipinski definition) is 6. The van der Waals surface area contributed by atoms with Crippen LogP contribution in [0.15, 0.2) is 60.9 Å². The molecule has 0 aliphatic heterocycles. The third-order valence-electron chi connectivity index (χ3n) is 5.08. The number of nitrogens with one attached hydrogen (secondary N) is 1. The molecule has 4 rings (SSSR count). The van der Waals surface area contributed by atoms with Crippen LogP contribution in [0, 0.1) is 6.92 Å². The predicted octanol–water partition coefficient (Wildman–Crippen LogP) is 3.75. The lowest BCUT2D eigenvalue weighted by Gasteiger charge is -2.17. The van der Waals surface area contributed by atoms with Crippen molar-refractivity contribution >= 4 is 11.6 Å². The summed E-state index contributed by atoms with van der Waals surface area (Å²) in [4.78, 5) is 21.6. The van der Waals surface area contributed by atoms with Gasteiger partial charge in [-0.25, -0.2) is 14.5 Å². The molecule has 8 heteroatoms. The second kappa shape index (κ2) is 9.05. The smallest absolute Gasteiger partial charge is 0.261 e. The lowest BCUT2D eigenvalue weighted by atomic mass is 10.1. The van der Waals surface area contributed by atoms with Gasteiger partial charge in [0.1, 0.15) is 17.8 Å². The Balaban J connectivity index is 1.45. The van der Waals surface area contributed by atoms with E-state index in [0.29, 0.717) is 17.2 Å². The Morgan fingerprint density at radius 1 is 1.03 bits per heavy atom.